The molecule has 1 aromatic heterocycles. The number of ether oxygens (including phenoxy) is 1. The maximum Gasteiger partial charge on any atom is 0.258 e. The number of nitrogens with one attached hydrogen (secondary N) is 1. The molecule has 4 aliphatic carbocycles. The van der Waals surface area contributed by atoms with Gasteiger partial charge in [0.2, 0.25) is 5.88 Å². The number of amides is 1. The van der Waals surface area contributed by atoms with Crippen LogP contribution in [0.15, 0.2) is 12.3 Å². The number of hydrogen-bond acceptors (Lipinski definition) is 5. The van der Waals surface area contributed by atoms with E-state index in [1.54, 1.807) is 17.1 Å². The summed E-state index contributed by atoms with van der Waals surface area (Å²) in [4.78, 5) is 13.2. The minimum absolute atomic E-state index is 0.120. The van der Waals surface area contributed by atoms with Crippen LogP contribution in [0.2, 0.25) is 0 Å². The number of rotatable bonds is 7. The maximum atomic E-state index is 13.2. The monoisotopic (exact) mass is 416 g/mol. The molecule has 4 N–H and O–H groups in total. The van der Waals surface area contributed by atoms with Gasteiger partial charge in [-0.1, -0.05) is 13.8 Å². The van der Waals surface area contributed by atoms with Crippen LogP contribution in [0.1, 0.15) is 70.2 Å². The second-order valence-electron chi connectivity index (χ2n) is 10.8. The van der Waals surface area contributed by atoms with Gasteiger partial charge < -0.3 is 20.9 Å². The van der Waals surface area contributed by atoms with E-state index in [1.165, 1.54) is 0 Å². The highest BCUT2D eigenvalue weighted by molar-refractivity contribution is 5.96. The van der Waals surface area contributed by atoms with Gasteiger partial charge in [-0.3, -0.25) is 4.79 Å². The molecule has 1 aromatic rings. The number of carbonyl (C=O) groups excluding carboxylic acids is 1. The molecule has 0 radical (unpaired) electrons. The van der Waals surface area contributed by atoms with Gasteiger partial charge in [0.1, 0.15) is 5.56 Å². The van der Waals surface area contributed by atoms with Gasteiger partial charge in [-0.25, -0.2) is 4.68 Å². The van der Waals surface area contributed by atoms with Gasteiger partial charge >= 0.3 is 0 Å². The van der Waals surface area contributed by atoms with Crippen LogP contribution < -0.4 is 15.8 Å². The normalized spacial score (nSPS) is 32.9. The van der Waals surface area contributed by atoms with E-state index in [2.05, 4.69) is 24.3 Å². The molecular weight excluding hydrogens is 380 g/mol. The predicted octanol–water partition coefficient (Wildman–Crippen LogP) is 2.80. The van der Waals surface area contributed by atoms with Crippen LogP contribution in [0.3, 0.4) is 0 Å². The molecule has 166 valence electrons. The minimum Gasteiger partial charge on any atom is -0.477 e. The summed E-state index contributed by atoms with van der Waals surface area (Å²) in [5.74, 6) is 1.95. The Morgan fingerprint density at radius 1 is 1.40 bits per heavy atom. The summed E-state index contributed by atoms with van der Waals surface area (Å²) >= 11 is 0. The standard InChI is InChI=1S/C23H36N4O3/c1-14(2)13-30-21-18(12-25-27(21)6-5-22(3,4)24)20(28)26-19-16-7-15-8-17(19)11-23(29,9-15)10-16/h5-6,12,14-17,19,29H,7-11,13,24H2,1-4H3,(H,26,28)/b6-5+. The Kier molecular flexibility index (Phi) is 5.47. The van der Waals surface area contributed by atoms with E-state index in [9.17, 15) is 9.90 Å². The van der Waals surface area contributed by atoms with Crippen molar-refractivity contribution < 1.29 is 14.6 Å². The summed E-state index contributed by atoms with van der Waals surface area (Å²) in [6, 6.07) is 0.120. The number of hydrogen-bond donors (Lipinski definition) is 3. The largest absolute Gasteiger partial charge is 0.477 e. The summed E-state index contributed by atoms with van der Waals surface area (Å²) in [6.07, 6.45) is 9.91. The first-order chi connectivity index (χ1) is 14.0. The number of nitrogens with zero attached hydrogens (tertiary/aromatic N) is 2. The predicted molar refractivity (Wildman–Crippen MR) is 116 cm³/mol. The summed E-state index contributed by atoms with van der Waals surface area (Å²) < 4.78 is 7.58. The Labute approximate surface area is 179 Å². The second-order valence-corrected chi connectivity index (χ2v) is 10.8. The summed E-state index contributed by atoms with van der Waals surface area (Å²) in [7, 11) is 0. The van der Waals surface area contributed by atoms with Gasteiger partial charge in [-0.05, 0) is 75.7 Å². The van der Waals surface area contributed by atoms with Crippen molar-refractivity contribution >= 4 is 12.1 Å². The minimum atomic E-state index is -0.506. The van der Waals surface area contributed by atoms with Crippen molar-refractivity contribution in [2.75, 3.05) is 6.61 Å². The van der Waals surface area contributed by atoms with Crippen LogP contribution >= 0.6 is 0 Å². The Hall–Kier alpha value is -1.86. The van der Waals surface area contributed by atoms with Gasteiger partial charge in [0, 0.05) is 17.8 Å². The fourth-order valence-corrected chi connectivity index (χ4v) is 5.71. The lowest BCUT2D eigenvalue weighted by Gasteiger charge is -2.58. The van der Waals surface area contributed by atoms with Gasteiger partial charge in [0.25, 0.3) is 5.91 Å². The topological polar surface area (TPSA) is 102 Å². The average molecular weight is 417 g/mol. The first-order valence-electron chi connectivity index (χ1n) is 11.2. The van der Waals surface area contributed by atoms with Crippen molar-refractivity contribution in [3.63, 3.8) is 0 Å². The fourth-order valence-electron chi connectivity index (χ4n) is 5.71. The molecule has 4 fully saturated rings. The van der Waals surface area contributed by atoms with E-state index < -0.39 is 11.1 Å². The first-order valence-corrected chi connectivity index (χ1v) is 11.2. The Bertz CT molecular complexity index is 807. The van der Waals surface area contributed by atoms with Crippen molar-refractivity contribution in [3.05, 3.63) is 17.8 Å². The number of carbonyl (C=O) groups is 1. The van der Waals surface area contributed by atoms with E-state index in [-0.39, 0.29) is 11.9 Å². The molecule has 1 heterocycles. The van der Waals surface area contributed by atoms with Gasteiger partial charge in [0.15, 0.2) is 0 Å². The SMILES string of the molecule is CC(C)COc1c(C(=O)NC2C3CC4CC2CC(O)(C4)C3)cnn1/C=C/C(C)(C)N. The van der Waals surface area contributed by atoms with Crippen molar-refractivity contribution in [2.45, 2.75) is 77.0 Å². The molecule has 7 nitrogen and oxygen atoms in total. The van der Waals surface area contributed by atoms with Crippen LogP contribution in [0.25, 0.3) is 6.20 Å². The Morgan fingerprint density at radius 2 is 2.07 bits per heavy atom. The molecule has 4 bridgehead atoms. The molecule has 0 spiro atoms. The smallest absolute Gasteiger partial charge is 0.258 e. The highest BCUT2D eigenvalue weighted by Gasteiger charge is 2.55. The van der Waals surface area contributed by atoms with Crippen LogP contribution in [0.4, 0.5) is 0 Å². The highest BCUT2D eigenvalue weighted by atomic mass is 16.5. The quantitative estimate of drug-likeness (QED) is 0.634. The number of aliphatic hydroxyl groups is 1. The zero-order chi connectivity index (χ0) is 21.7. The average Bonchev–Trinajstić information content (AvgIpc) is 3.02. The Balaban J connectivity index is 1.53. The van der Waals surface area contributed by atoms with E-state index in [1.807, 2.05) is 19.9 Å². The molecule has 4 saturated carbocycles. The lowest BCUT2D eigenvalue weighted by molar-refractivity contribution is -0.136. The van der Waals surface area contributed by atoms with Crippen LogP contribution in [-0.2, 0) is 0 Å². The van der Waals surface area contributed by atoms with Crippen molar-refractivity contribution in [1.82, 2.24) is 15.1 Å². The van der Waals surface area contributed by atoms with Crippen LogP contribution in [0, 0.1) is 23.7 Å². The third kappa shape index (κ3) is 4.42. The zero-order valence-corrected chi connectivity index (χ0v) is 18.6. The molecule has 2 unspecified atom stereocenters. The molecule has 4 aliphatic rings. The molecule has 0 saturated heterocycles. The van der Waals surface area contributed by atoms with E-state index in [4.69, 9.17) is 10.5 Å². The number of nitrogens with two attached hydrogens (primary N) is 1. The second kappa shape index (κ2) is 7.68. The Morgan fingerprint density at radius 3 is 2.63 bits per heavy atom. The number of aromatic nitrogens is 2. The molecule has 30 heavy (non-hydrogen) atoms. The summed E-state index contributed by atoms with van der Waals surface area (Å²) in [5, 5.41) is 18.4. The fraction of sp³-hybridized carbons (Fsp3) is 0.739. The molecule has 0 aromatic carbocycles. The van der Waals surface area contributed by atoms with Crippen molar-refractivity contribution in [1.29, 1.82) is 0 Å². The van der Waals surface area contributed by atoms with Gasteiger partial charge in [-0.2, -0.15) is 5.10 Å². The maximum absolute atomic E-state index is 13.2. The lowest BCUT2D eigenvalue weighted by Crippen LogP contribution is -2.61. The van der Waals surface area contributed by atoms with Crippen LogP contribution in [0.5, 0.6) is 5.88 Å². The zero-order valence-electron chi connectivity index (χ0n) is 18.6. The van der Waals surface area contributed by atoms with E-state index in [0.717, 1.165) is 32.1 Å². The lowest BCUT2D eigenvalue weighted by atomic mass is 9.52. The molecule has 7 heteroatoms. The molecule has 5 rings (SSSR count). The summed E-state index contributed by atoms with van der Waals surface area (Å²) in [5.41, 5.74) is 5.50. The highest BCUT2D eigenvalue weighted by Crippen LogP contribution is 2.55. The molecule has 0 aliphatic heterocycles. The summed E-state index contributed by atoms with van der Waals surface area (Å²) in [6.45, 7) is 8.43. The van der Waals surface area contributed by atoms with E-state index in [0.29, 0.717) is 41.7 Å². The van der Waals surface area contributed by atoms with E-state index >= 15 is 0 Å². The van der Waals surface area contributed by atoms with Crippen molar-refractivity contribution in [3.8, 4) is 5.88 Å². The van der Waals surface area contributed by atoms with Crippen molar-refractivity contribution in [2.24, 2.45) is 29.4 Å². The molecular formula is C23H36N4O3. The first kappa shape index (κ1) is 21.4. The van der Waals surface area contributed by atoms with Crippen LogP contribution in [-0.4, -0.2) is 44.6 Å². The van der Waals surface area contributed by atoms with Gasteiger partial charge in [-0.15, -0.1) is 0 Å². The molecule has 1 amide bonds. The van der Waals surface area contributed by atoms with Gasteiger partial charge in [0.05, 0.1) is 18.4 Å². The third-order valence-corrected chi connectivity index (χ3v) is 6.73. The molecule has 2 atom stereocenters. The third-order valence-electron chi connectivity index (χ3n) is 6.73.